The number of carbonyl (C=O) groups is 1. The van der Waals surface area contributed by atoms with Crippen LogP contribution in [0.4, 0.5) is 0 Å². The molecule has 21 heavy (non-hydrogen) atoms. The van der Waals surface area contributed by atoms with E-state index in [1.807, 2.05) is 18.4 Å². The predicted molar refractivity (Wildman–Crippen MR) is 82.5 cm³/mol. The van der Waals surface area contributed by atoms with Gasteiger partial charge >= 0.3 is 0 Å². The maximum Gasteiger partial charge on any atom is 0.252 e. The van der Waals surface area contributed by atoms with E-state index in [9.17, 15) is 9.90 Å². The number of amides is 1. The summed E-state index contributed by atoms with van der Waals surface area (Å²) < 4.78 is 2.44. The lowest BCUT2D eigenvalue weighted by Crippen LogP contribution is -2.52. The van der Waals surface area contributed by atoms with Gasteiger partial charge in [-0.25, -0.2) is 0 Å². The number of rotatable bonds is 6. The third kappa shape index (κ3) is 3.35. The second-order valence-electron chi connectivity index (χ2n) is 6.22. The molecule has 1 amide bonds. The second-order valence-corrected chi connectivity index (χ2v) is 6.61. The molecule has 1 aliphatic carbocycles. The first-order chi connectivity index (χ1) is 9.84. The quantitative estimate of drug-likeness (QED) is 0.699. The standard InChI is InChI=1S/C14H24N4O2S/c1-9(2)11-16-17-13(21)18(11)8-7-15-12(19)14(3,20)10-5-4-6-10/h9-10,20H,4-8H2,1-3H3,(H,15,19)(H,17,21)/t14-/m0/s1. The van der Waals surface area contributed by atoms with Gasteiger partial charge in [0.15, 0.2) is 4.77 Å². The SMILES string of the molecule is CC(C)c1n[nH]c(=S)n1CCNC(=O)[C@@](C)(O)C1CCC1. The van der Waals surface area contributed by atoms with Gasteiger partial charge in [-0.2, -0.15) is 5.10 Å². The fourth-order valence-electron chi connectivity index (χ4n) is 2.60. The van der Waals surface area contributed by atoms with E-state index in [0.717, 1.165) is 25.1 Å². The molecule has 1 aromatic rings. The van der Waals surface area contributed by atoms with Crippen molar-refractivity contribution >= 4 is 18.1 Å². The number of aliphatic hydroxyl groups is 1. The van der Waals surface area contributed by atoms with Crippen LogP contribution in [0, 0.1) is 10.7 Å². The number of hydrogen-bond donors (Lipinski definition) is 3. The Balaban J connectivity index is 1.91. The topological polar surface area (TPSA) is 82.9 Å². The third-order valence-corrected chi connectivity index (χ3v) is 4.60. The number of H-pyrrole nitrogens is 1. The van der Waals surface area contributed by atoms with E-state index in [-0.39, 0.29) is 17.7 Å². The van der Waals surface area contributed by atoms with Gasteiger partial charge in [-0.1, -0.05) is 20.3 Å². The first kappa shape index (κ1) is 16.2. The van der Waals surface area contributed by atoms with Crippen molar-refractivity contribution in [2.45, 2.75) is 58.1 Å². The number of nitrogens with one attached hydrogen (secondary N) is 2. The number of aromatic amines is 1. The van der Waals surface area contributed by atoms with Crippen LogP contribution in [0.25, 0.3) is 0 Å². The Kier molecular flexibility index (Phi) is 4.83. The molecule has 118 valence electrons. The molecule has 1 aliphatic rings. The smallest absolute Gasteiger partial charge is 0.252 e. The van der Waals surface area contributed by atoms with Crippen LogP contribution in [0.5, 0.6) is 0 Å². The van der Waals surface area contributed by atoms with E-state index >= 15 is 0 Å². The zero-order valence-electron chi connectivity index (χ0n) is 12.8. The predicted octanol–water partition coefficient (Wildman–Crippen LogP) is 1.73. The number of aromatic nitrogens is 3. The summed E-state index contributed by atoms with van der Waals surface area (Å²) in [5, 5.41) is 20.1. The maximum atomic E-state index is 12.1. The molecular formula is C14H24N4O2S. The van der Waals surface area contributed by atoms with Crippen molar-refractivity contribution in [2.75, 3.05) is 6.54 Å². The normalized spacial score (nSPS) is 18.3. The second kappa shape index (κ2) is 6.27. The summed E-state index contributed by atoms with van der Waals surface area (Å²) in [6.07, 6.45) is 2.94. The zero-order valence-corrected chi connectivity index (χ0v) is 13.7. The van der Waals surface area contributed by atoms with Crippen molar-refractivity contribution in [2.24, 2.45) is 5.92 Å². The van der Waals surface area contributed by atoms with Crippen LogP contribution in [-0.2, 0) is 11.3 Å². The summed E-state index contributed by atoms with van der Waals surface area (Å²) in [5.74, 6) is 0.917. The Hall–Kier alpha value is -1.21. The average molecular weight is 312 g/mol. The lowest BCUT2D eigenvalue weighted by molar-refractivity contribution is -0.147. The van der Waals surface area contributed by atoms with Crippen molar-refractivity contribution < 1.29 is 9.90 Å². The van der Waals surface area contributed by atoms with Gasteiger partial charge in [-0.3, -0.25) is 9.89 Å². The van der Waals surface area contributed by atoms with Crippen molar-refractivity contribution in [1.29, 1.82) is 0 Å². The highest BCUT2D eigenvalue weighted by molar-refractivity contribution is 7.71. The summed E-state index contributed by atoms with van der Waals surface area (Å²) in [6.45, 7) is 6.67. The number of hydrogen-bond acceptors (Lipinski definition) is 4. The van der Waals surface area contributed by atoms with Crippen LogP contribution in [0.15, 0.2) is 0 Å². The Labute approximate surface area is 129 Å². The number of carbonyl (C=O) groups excluding carboxylic acids is 1. The molecule has 1 fully saturated rings. The Bertz CT molecular complexity index is 558. The van der Waals surface area contributed by atoms with Crippen molar-refractivity contribution in [3.63, 3.8) is 0 Å². The average Bonchev–Trinajstić information content (AvgIpc) is 2.68. The van der Waals surface area contributed by atoms with Crippen LogP contribution in [0.2, 0.25) is 0 Å². The van der Waals surface area contributed by atoms with E-state index in [0.29, 0.717) is 17.9 Å². The van der Waals surface area contributed by atoms with E-state index < -0.39 is 5.60 Å². The first-order valence-corrected chi connectivity index (χ1v) is 7.90. The molecule has 2 rings (SSSR count). The molecule has 0 radical (unpaired) electrons. The Morgan fingerprint density at radius 1 is 1.62 bits per heavy atom. The molecule has 1 aromatic heterocycles. The summed E-state index contributed by atoms with van der Waals surface area (Å²) in [5.41, 5.74) is -1.27. The highest BCUT2D eigenvalue weighted by Gasteiger charge is 2.41. The highest BCUT2D eigenvalue weighted by atomic mass is 32.1. The summed E-state index contributed by atoms with van der Waals surface area (Å²) in [4.78, 5) is 12.1. The van der Waals surface area contributed by atoms with E-state index in [1.165, 1.54) is 0 Å². The molecule has 0 aromatic carbocycles. The molecule has 0 aliphatic heterocycles. The van der Waals surface area contributed by atoms with Gasteiger partial charge in [0.1, 0.15) is 11.4 Å². The van der Waals surface area contributed by atoms with Gasteiger partial charge < -0.3 is 15.0 Å². The number of nitrogens with zero attached hydrogens (tertiary/aromatic N) is 2. The van der Waals surface area contributed by atoms with Gasteiger partial charge in [0.05, 0.1) is 0 Å². The molecule has 0 bridgehead atoms. The third-order valence-electron chi connectivity index (χ3n) is 4.28. The lowest BCUT2D eigenvalue weighted by atomic mass is 9.73. The van der Waals surface area contributed by atoms with Gasteiger partial charge in [-0.15, -0.1) is 0 Å². The largest absolute Gasteiger partial charge is 0.380 e. The van der Waals surface area contributed by atoms with Gasteiger partial charge in [-0.05, 0) is 37.9 Å². The molecule has 6 nitrogen and oxygen atoms in total. The van der Waals surface area contributed by atoms with Crippen LogP contribution in [0.1, 0.15) is 51.8 Å². The van der Waals surface area contributed by atoms with Crippen LogP contribution < -0.4 is 5.32 Å². The Morgan fingerprint density at radius 3 is 2.81 bits per heavy atom. The van der Waals surface area contributed by atoms with Crippen LogP contribution in [0.3, 0.4) is 0 Å². The van der Waals surface area contributed by atoms with Crippen molar-refractivity contribution in [3.8, 4) is 0 Å². The zero-order chi connectivity index (χ0) is 15.6. The molecule has 0 spiro atoms. The maximum absolute atomic E-state index is 12.1. The minimum absolute atomic E-state index is 0.0832. The van der Waals surface area contributed by atoms with Gasteiger partial charge in [0, 0.05) is 19.0 Å². The molecular weight excluding hydrogens is 288 g/mol. The molecule has 1 atom stereocenters. The fourth-order valence-corrected chi connectivity index (χ4v) is 2.83. The molecule has 1 saturated carbocycles. The lowest BCUT2D eigenvalue weighted by Gasteiger charge is -2.37. The molecule has 0 saturated heterocycles. The monoisotopic (exact) mass is 312 g/mol. The van der Waals surface area contributed by atoms with Crippen LogP contribution in [-0.4, -0.2) is 37.9 Å². The van der Waals surface area contributed by atoms with E-state index in [1.54, 1.807) is 6.92 Å². The molecule has 3 N–H and O–H groups in total. The minimum atomic E-state index is -1.27. The van der Waals surface area contributed by atoms with E-state index in [2.05, 4.69) is 15.5 Å². The molecule has 7 heteroatoms. The molecule has 1 heterocycles. The van der Waals surface area contributed by atoms with Crippen molar-refractivity contribution in [1.82, 2.24) is 20.1 Å². The minimum Gasteiger partial charge on any atom is -0.380 e. The first-order valence-electron chi connectivity index (χ1n) is 7.49. The molecule has 0 unspecified atom stereocenters. The summed E-state index contributed by atoms with van der Waals surface area (Å²) in [6, 6.07) is 0. The van der Waals surface area contributed by atoms with Gasteiger partial charge in [0.25, 0.3) is 5.91 Å². The van der Waals surface area contributed by atoms with Gasteiger partial charge in [0.2, 0.25) is 0 Å². The summed E-state index contributed by atoms with van der Waals surface area (Å²) >= 11 is 5.20. The fraction of sp³-hybridized carbons (Fsp3) is 0.786. The Morgan fingerprint density at radius 2 is 2.29 bits per heavy atom. The van der Waals surface area contributed by atoms with Crippen LogP contribution >= 0.6 is 12.2 Å². The summed E-state index contributed by atoms with van der Waals surface area (Å²) in [7, 11) is 0. The van der Waals surface area contributed by atoms with Crippen molar-refractivity contribution in [3.05, 3.63) is 10.6 Å². The highest BCUT2D eigenvalue weighted by Crippen LogP contribution is 2.36. The van der Waals surface area contributed by atoms with E-state index in [4.69, 9.17) is 12.2 Å².